The van der Waals surface area contributed by atoms with Crippen LogP contribution in [0.25, 0.3) is 0 Å². The molecular weight excluding hydrogens is 833 g/mol. The van der Waals surface area contributed by atoms with Gasteiger partial charge < -0.3 is 41.3 Å². The zero-order valence-corrected chi connectivity index (χ0v) is 30.7. The molecule has 7 amide bonds. The summed E-state index contributed by atoms with van der Waals surface area (Å²) >= 11 is 2.10. The van der Waals surface area contributed by atoms with Gasteiger partial charge in [0.25, 0.3) is 5.91 Å². The van der Waals surface area contributed by atoms with Gasteiger partial charge >= 0.3 is 101 Å². The molecule has 1 aromatic carbocycles. The molecule has 0 aliphatic carbocycles. The van der Waals surface area contributed by atoms with Gasteiger partial charge in [-0.25, -0.2) is 19.1 Å². The van der Waals surface area contributed by atoms with E-state index in [1.165, 1.54) is 29.2 Å². The van der Waals surface area contributed by atoms with Crippen LogP contribution in [0.1, 0.15) is 18.5 Å². The average Bonchev–Trinajstić information content (AvgIpc) is 3.60. The number of hydrogen-bond acceptors (Lipinski definition) is 16. The number of carbonyl (C=O) groups is 9. The van der Waals surface area contributed by atoms with Crippen LogP contribution in [0.3, 0.4) is 0 Å². The summed E-state index contributed by atoms with van der Waals surface area (Å²) in [5.74, 6) is -7.71. The quantitative estimate of drug-likeness (QED) is 0.0393. The molecule has 2 fully saturated rings. The maximum absolute atomic E-state index is 13.9. The van der Waals surface area contributed by atoms with Crippen LogP contribution in [-0.4, -0.2) is 218 Å². The Morgan fingerprint density at radius 2 is 1.72 bits per heavy atom. The number of aromatic nitrogens is 4. The van der Waals surface area contributed by atoms with Crippen molar-refractivity contribution < 1.29 is 63.2 Å². The Labute approximate surface area is 379 Å². The number of carbonyl (C=O) groups excluding carboxylic acids is 6. The number of aliphatic carboxylic acids is 3. The van der Waals surface area contributed by atoms with Crippen molar-refractivity contribution in [2.45, 2.75) is 42.1 Å². The zero-order chi connectivity index (χ0) is 40.8. The van der Waals surface area contributed by atoms with E-state index >= 15 is 0 Å². The van der Waals surface area contributed by atoms with Crippen molar-refractivity contribution in [1.82, 2.24) is 45.5 Å². The van der Waals surface area contributed by atoms with Crippen molar-refractivity contribution in [3.8, 4) is 0 Å². The predicted octanol–water partition coefficient (Wildman–Crippen LogP) is -3.61. The van der Waals surface area contributed by atoms with E-state index in [1.54, 1.807) is 6.92 Å². The van der Waals surface area contributed by atoms with Crippen LogP contribution in [0.4, 0.5) is 15.3 Å². The van der Waals surface area contributed by atoms with Gasteiger partial charge in [-0.2, -0.15) is 0 Å². The second-order valence-corrected chi connectivity index (χ2v) is 14.0. The summed E-state index contributed by atoms with van der Waals surface area (Å²) in [7, 11) is 0. The number of tetrazole rings is 1. The van der Waals surface area contributed by atoms with Crippen LogP contribution < -0.4 is 21.7 Å². The molecule has 3 aliphatic heterocycles. The standard InChI is InChI=1S/C30H33N11O13S2.2Na.2H/c1-2-38-7-8-39(24(47)23(38)46)28(52)34-18(13-3-5-15(6-4-13)32-30(53)54-10-16(31)26(48)49)21(44)33-19-22(45)41-20(27(50)51)14(11-55-25(19)41)12-56-29-35-36-37-40(29)9-17(42)43;;;;/h3-6,16,18-19,25H,2,7-12,31H2,1H3,(H,32,53)(H,33,44)(H,34,52)(H,42,43)(H,48,49)(H,50,51);;;;/t16-,18-,19-,25-;;;;/m1..../s1. The Kier molecular flexibility index (Phi) is 17.5. The summed E-state index contributed by atoms with van der Waals surface area (Å²) in [5.41, 5.74) is 5.51. The second kappa shape index (κ2) is 21.1. The number of ether oxygens (including phenoxy) is 1. The van der Waals surface area contributed by atoms with E-state index in [1.807, 2.05) is 0 Å². The summed E-state index contributed by atoms with van der Waals surface area (Å²) in [6.07, 6.45) is -1.04. The van der Waals surface area contributed by atoms with E-state index in [0.29, 0.717) is 10.5 Å². The van der Waals surface area contributed by atoms with Crippen LogP contribution in [0.2, 0.25) is 0 Å². The Balaban J connectivity index is 0.00000450. The summed E-state index contributed by atoms with van der Waals surface area (Å²) in [5, 5.41) is 45.3. The number of amides is 7. The molecule has 0 spiro atoms. The van der Waals surface area contributed by atoms with E-state index in [-0.39, 0.29) is 112 Å². The number of fused-ring (bicyclic) bond motifs is 1. The molecule has 8 N–H and O–H groups in total. The molecular formula is C30H35N11Na2O13S2. The number of benzene rings is 1. The molecule has 2 saturated heterocycles. The zero-order valence-electron chi connectivity index (χ0n) is 29.0. The van der Waals surface area contributed by atoms with Gasteiger partial charge in [-0.15, -0.1) is 16.9 Å². The van der Waals surface area contributed by atoms with Crippen LogP contribution in [0.5, 0.6) is 0 Å². The Morgan fingerprint density at radius 1 is 1.03 bits per heavy atom. The number of rotatable bonds is 15. The fourth-order valence-electron chi connectivity index (χ4n) is 5.53. The molecule has 1 aromatic heterocycles. The van der Waals surface area contributed by atoms with Crippen LogP contribution in [-0.2, 0) is 44.8 Å². The Morgan fingerprint density at radius 3 is 2.34 bits per heavy atom. The number of piperazine rings is 1. The topological polar surface area (TPSA) is 339 Å². The molecule has 4 heterocycles. The third kappa shape index (κ3) is 11.1. The molecule has 5 rings (SSSR count). The maximum atomic E-state index is 13.9. The predicted molar refractivity (Wildman–Crippen MR) is 202 cm³/mol. The molecule has 0 unspecified atom stereocenters. The van der Waals surface area contributed by atoms with Gasteiger partial charge in [-0.05, 0) is 40.6 Å². The van der Waals surface area contributed by atoms with E-state index in [0.717, 1.165) is 33.1 Å². The number of carboxylic acids is 3. The van der Waals surface area contributed by atoms with Crippen molar-refractivity contribution in [3.63, 3.8) is 0 Å². The first-order chi connectivity index (χ1) is 26.6. The average molecular weight is 868 g/mol. The first-order valence-electron chi connectivity index (χ1n) is 16.4. The monoisotopic (exact) mass is 867 g/mol. The van der Waals surface area contributed by atoms with E-state index < -0.39 is 90.3 Å². The van der Waals surface area contributed by atoms with Crippen molar-refractivity contribution in [2.75, 3.05) is 43.1 Å². The molecule has 302 valence electrons. The Hall–Kier alpha value is -4.28. The number of thioether (sulfide) groups is 2. The molecule has 24 nitrogen and oxygen atoms in total. The first kappa shape index (κ1) is 48.1. The van der Waals surface area contributed by atoms with Gasteiger partial charge in [0, 0.05) is 36.8 Å². The molecule has 0 bridgehead atoms. The number of urea groups is 1. The molecule has 3 aliphatic rings. The van der Waals surface area contributed by atoms with Crippen LogP contribution in [0.15, 0.2) is 40.7 Å². The van der Waals surface area contributed by atoms with Crippen LogP contribution >= 0.6 is 23.5 Å². The van der Waals surface area contributed by atoms with Gasteiger partial charge in [0.05, 0.1) is 0 Å². The summed E-state index contributed by atoms with van der Waals surface area (Å²) in [4.78, 5) is 115. The van der Waals surface area contributed by atoms with Crippen LogP contribution in [0, 0.1) is 0 Å². The van der Waals surface area contributed by atoms with E-state index in [4.69, 9.17) is 20.7 Å². The first-order valence-corrected chi connectivity index (χ1v) is 18.4. The number of imide groups is 1. The SMILES string of the molecule is CCN1CCN(C(=O)N[C@@H](C(=O)N[C@@H]2C(=O)N3C(C(=O)O)=C(CSc4nnnn4CC(=O)O)CS[C@H]23)c2ccc(NC(=O)OC[C@@H](N)C(=O)O)cc2)C(=O)C1=O.[NaH].[NaH]. The number of nitrogens with two attached hydrogens (primary N) is 1. The summed E-state index contributed by atoms with van der Waals surface area (Å²) < 4.78 is 5.79. The minimum absolute atomic E-state index is 0. The van der Waals surface area contributed by atoms with Gasteiger partial charge in [0.15, 0.2) is 0 Å². The number of carboxylic acid groups (broad SMARTS) is 3. The van der Waals surface area contributed by atoms with Crippen molar-refractivity contribution >= 4 is 142 Å². The number of nitrogens with one attached hydrogen (secondary N) is 3. The minimum atomic E-state index is -1.60. The molecule has 4 atom stereocenters. The number of likely N-dealkylation sites (N-methyl/N-ethyl adjacent to an activating group) is 1. The van der Waals surface area contributed by atoms with Gasteiger partial charge in [0.1, 0.15) is 42.3 Å². The number of hydrogen-bond donors (Lipinski definition) is 7. The van der Waals surface area contributed by atoms with Crippen molar-refractivity contribution in [2.24, 2.45) is 5.73 Å². The fourth-order valence-corrected chi connectivity index (χ4v) is 7.89. The summed E-state index contributed by atoms with van der Waals surface area (Å²) in [6, 6.07) is -0.163. The number of anilines is 1. The molecule has 0 saturated carbocycles. The second-order valence-electron chi connectivity index (χ2n) is 12.0. The molecule has 0 radical (unpaired) electrons. The third-order valence-corrected chi connectivity index (χ3v) is 10.8. The molecule has 2 aromatic rings. The molecule has 28 heteroatoms. The van der Waals surface area contributed by atoms with E-state index in [2.05, 4.69) is 31.5 Å². The van der Waals surface area contributed by atoms with Crippen molar-refractivity contribution in [3.05, 3.63) is 41.1 Å². The molecule has 58 heavy (non-hydrogen) atoms. The van der Waals surface area contributed by atoms with Gasteiger partial charge in [-0.3, -0.25) is 43.9 Å². The van der Waals surface area contributed by atoms with E-state index in [9.17, 15) is 48.3 Å². The summed E-state index contributed by atoms with van der Waals surface area (Å²) in [6.45, 7) is 0.591. The fraction of sp³-hybridized carbons (Fsp3) is 0.400. The van der Waals surface area contributed by atoms with Gasteiger partial charge in [-0.1, -0.05) is 23.9 Å². The normalized spacial score (nSPS) is 18.4. The number of β-lactam (4-membered cyclic amide) rings is 1. The number of nitrogens with zero attached hydrogens (tertiary/aromatic N) is 7. The van der Waals surface area contributed by atoms with Gasteiger partial charge in [0.2, 0.25) is 11.1 Å². The van der Waals surface area contributed by atoms with Crippen molar-refractivity contribution in [1.29, 1.82) is 0 Å². The third-order valence-electron chi connectivity index (χ3n) is 8.37. The Bertz CT molecular complexity index is 2010.